The predicted molar refractivity (Wildman–Crippen MR) is 67.8 cm³/mol. The Balaban J connectivity index is 3.03. The minimum Gasteiger partial charge on any atom is -0.508 e. The fourth-order valence-corrected chi connectivity index (χ4v) is 1.09. The van der Waals surface area contributed by atoms with Crippen molar-refractivity contribution < 1.29 is 24.6 Å². The third-order valence-electron chi connectivity index (χ3n) is 2.15. The highest BCUT2D eigenvalue weighted by molar-refractivity contribution is 6.42. The first-order valence-corrected chi connectivity index (χ1v) is 5.54. The lowest BCUT2D eigenvalue weighted by atomic mass is 9.98. The average Bonchev–Trinajstić information content (AvgIpc) is 2.27. The van der Waals surface area contributed by atoms with E-state index in [-0.39, 0.29) is 11.3 Å². The van der Waals surface area contributed by atoms with Gasteiger partial charge in [-0.3, -0.25) is 0 Å². The molecule has 0 aromatic heterocycles. The van der Waals surface area contributed by atoms with E-state index in [0.29, 0.717) is 0 Å². The molecule has 0 unspecified atom stereocenters. The maximum absolute atomic E-state index is 11.5. The van der Waals surface area contributed by atoms with Gasteiger partial charge in [-0.2, -0.15) is 0 Å². The van der Waals surface area contributed by atoms with Crippen LogP contribution in [0.3, 0.4) is 0 Å². The van der Waals surface area contributed by atoms with Gasteiger partial charge in [-0.25, -0.2) is 9.59 Å². The molecule has 0 saturated carbocycles. The topological polar surface area (TPSA) is 96.2 Å². The number of phenols is 1. The maximum atomic E-state index is 11.5. The lowest BCUT2D eigenvalue weighted by molar-refractivity contribution is -0.153. The monoisotopic (exact) mass is 265 g/mol. The second-order valence-electron chi connectivity index (χ2n) is 4.92. The number of phenolic OH excluding ortho intramolecular Hbond substituents is 1. The van der Waals surface area contributed by atoms with Crippen molar-refractivity contribution in [1.82, 2.24) is 0 Å². The molecule has 0 amide bonds. The van der Waals surface area contributed by atoms with E-state index in [1.807, 2.05) is 0 Å². The van der Waals surface area contributed by atoms with Crippen molar-refractivity contribution in [2.75, 3.05) is 0 Å². The number of oxime groups is 1. The Morgan fingerprint density at radius 2 is 1.89 bits per heavy atom. The Labute approximate surface area is 110 Å². The fourth-order valence-electron chi connectivity index (χ4n) is 1.09. The molecule has 2 N–H and O–H groups in total. The van der Waals surface area contributed by atoms with Crippen LogP contribution in [0.4, 0.5) is 0 Å². The van der Waals surface area contributed by atoms with Crippen LogP contribution in [0.1, 0.15) is 26.3 Å². The summed E-state index contributed by atoms with van der Waals surface area (Å²) in [6.07, 6.45) is 0. The zero-order valence-electron chi connectivity index (χ0n) is 10.9. The quantitative estimate of drug-likeness (QED) is 0.493. The molecule has 19 heavy (non-hydrogen) atoms. The van der Waals surface area contributed by atoms with Crippen molar-refractivity contribution in [3.8, 4) is 5.75 Å². The van der Waals surface area contributed by atoms with Crippen LogP contribution in [0.25, 0.3) is 0 Å². The maximum Gasteiger partial charge on any atom is 0.358 e. The van der Waals surface area contributed by atoms with E-state index < -0.39 is 23.1 Å². The molecular formula is C13H15NO5. The van der Waals surface area contributed by atoms with Crippen molar-refractivity contribution in [3.05, 3.63) is 29.8 Å². The van der Waals surface area contributed by atoms with Gasteiger partial charge in [0.2, 0.25) is 0 Å². The van der Waals surface area contributed by atoms with Crippen molar-refractivity contribution in [3.63, 3.8) is 0 Å². The molecule has 0 aliphatic rings. The van der Waals surface area contributed by atoms with Crippen LogP contribution in [0, 0.1) is 5.41 Å². The summed E-state index contributed by atoms with van der Waals surface area (Å²) in [6.45, 7) is 4.87. The van der Waals surface area contributed by atoms with E-state index in [0.717, 1.165) is 0 Å². The first-order chi connectivity index (χ1) is 8.71. The summed E-state index contributed by atoms with van der Waals surface area (Å²) in [6, 6.07) is 5.52. The standard InChI is InChI=1S/C13H15NO5/c1-13(2,3)12(18)19-14-10(11(16)17)8-5-4-6-9(15)7-8/h4-7,15H,1-3H3,(H,16,17). The van der Waals surface area contributed by atoms with Gasteiger partial charge in [0.05, 0.1) is 5.41 Å². The van der Waals surface area contributed by atoms with Gasteiger partial charge in [-0.15, -0.1) is 0 Å². The SMILES string of the molecule is CC(C)(C)C(=O)ON=C(C(=O)O)c1cccc(O)c1. The molecule has 6 heteroatoms. The van der Waals surface area contributed by atoms with E-state index in [9.17, 15) is 14.7 Å². The third-order valence-corrected chi connectivity index (χ3v) is 2.15. The number of carbonyl (C=O) groups is 2. The molecule has 0 aliphatic heterocycles. The number of rotatable bonds is 3. The first-order valence-electron chi connectivity index (χ1n) is 5.54. The molecule has 0 heterocycles. The first kappa shape index (κ1) is 14.7. The number of aliphatic carboxylic acids is 1. The van der Waals surface area contributed by atoms with Gasteiger partial charge in [-0.05, 0) is 32.9 Å². The average molecular weight is 265 g/mol. The normalized spacial score (nSPS) is 12.1. The lowest BCUT2D eigenvalue weighted by Crippen LogP contribution is -2.23. The fraction of sp³-hybridized carbons (Fsp3) is 0.308. The molecule has 102 valence electrons. The Morgan fingerprint density at radius 1 is 1.26 bits per heavy atom. The Bertz CT molecular complexity index is 528. The number of carbonyl (C=O) groups excluding carboxylic acids is 1. The van der Waals surface area contributed by atoms with Crippen LogP contribution in [-0.4, -0.2) is 27.9 Å². The Morgan fingerprint density at radius 3 is 2.37 bits per heavy atom. The third kappa shape index (κ3) is 4.09. The van der Waals surface area contributed by atoms with Crippen LogP contribution < -0.4 is 0 Å². The van der Waals surface area contributed by atoms with Gasteiger partial charge in [0.25, 0.3) is 0 Å². The smallest absolute Gasteiger partial charge is 0.358 e. The second-order valence-corrected chi connectivity index (χ2v) is 4.92. The number of hydrogen-bond acceptors (Lipinski definition) is 5. The summed E-state index contributed by atoms with van der Waals surface area (Å²) in [5.74, 6) is -2.10. The summed E-state index contributed by atoms with van der Waals surface area (Å²) in [7, 11) is 0. The summed E-state index contributed by atoms with van der Waals surface area (Å²) >= 11 is 0. The number of carboxylic acids is 1. The summed E-state index contributed by atoms with van der Waals surface area (Å²) in [5, 5.41) is 21.7. The summed E-state index contributed by atoms with van der Waals surface area (Å²) in [4.78, 5) is 27.2. The minimum absolute atomic E-state index is 0.103. The Kier molecular flexibility index (Phi) is 4.26. The van der Waals surface area contributed by atoms with E-state index >= 15 is 0 Å². The second kappa shape index (κ2) is 5.51. The molecule has 0 fully saturated rings. The number of carboxylic acid groups (broad SMARTS) is 1. The van der Waals surface area contributed by atoms with Gasteiger partial charge in [0.15, 0.2) is 5.71 Å². The van der Waals surface area contributed by atoms with Gasteiger partial charge in [0, 0.05) is 5.56 Å². The largest absolute Gasteiger partial charge is 0.508 e. The molecule has 1 aromatic rings. The van der Waals surface area contributed by atoms with Crippen LogP contribution in [-0.2, 0) is 14.4 Å². The highest BCUT2D eigenvalue weighted by Gasteiger charge is 2.24. The highest BCUT2D eigenvalue weighted by Crippen LogP contribution is 2.16. The number of hydrogen-bond donors (Lipinski definition) is 2. The highest BCUT2D eigenvalue weighted by atomic mass is 16.7. The summed E-state index contributed by atoms with van der Waals surface area (Å²) < 4.78 is 0. The zero-order chi connectivity index (χ0) is 14.6. The van der Waals surface area contributed by atoms with E-state index in [2.05, 4.69) is 9.99 Å². The molecule has 1 rings (SSSR count). The van der Waals surface area contributed by atoms with Crippen molar-refractivity contribution in [1.29, 1.82) is 0 Å². The predicted octanol–water partition coefficient (Wildman–Crippen LogP) is 1.77. The van der Waals surface area contributed by atoms with Crippen LogP contribution in [0.15, 0.2) is 29.4 Å². The van der Waals surface area contributed by atoms with Crippen LogP contribution >= 0.6 is 0 Å². The van der Waals surface area contributed by atoms with Gasteiger partial charge in [0.1, 0.15) is 5.75 Å². The van der Waals surface area contributed by atoms with Gasteiger partial charge < -0.3 is 15.1 Å². The molecule has 1 aromatic carbocycles. The molecule has 0 atom stereocenters. The van der Waals surface area contributed by atoms with E-state index in [4.69, 9.17) is 5.11 Å². The molecule has 0 bridgehead atoms. The van der Waals surface area contributed by atoms with Gasteiger partial charge >= 0.3 is 11.9 Å². The van der Waals surface area contributed by atoms with Gasteiger partial charge in [-0.1, -0.05) is 17.3 Å². The molecule has 0 spiro atoms. The molecule has 6 nitrogen and oxygen atoms in total. The minimum atomic E-state index is -1.35. The Hall–Kier alpha value is -2.37. The molecular weight excluding hydrogens is 250 g/mol. The van der Waals surface area contributed by atoms with Crippen molar-refractivity contribution >= 4 is 17.7 Å². The van der Waals surface area contributed by atoms with Crippen LogP contribution in [0.2, 0.25) is 0 Å². The number of nitrogens with zero attached hydrogens (tertiary/aromatic N) is 1. The van der Waals surface area contributed by atoms with E-state index in [1.165, 1.54) is 24.3 Å². The lowest BCUT2D eigenvalue weighted by Gasteiger charge is -2.13. The zero-order valence-corrected chi connectivity index (χ0v) is 10.9. The van der Waals surface area contributed by atoms with E-state index in [1.54, 1.807) is 20.8 Å². The van der Waals surface area contributed by atoms with Crippen molar-refractivity contribution in [2.24, 2.45) is 10.6 Å². The molecule has 0 saturated heterocycles. The molecule has 0 aliphatic carbocycles. The molecule has 0 radical (unpaired) electrons. The number of aromatic hydroxyl groups is 1. The van der Waals surface area contributed by atoms with Crippen molar-refractivity contribution in [2.45, 2.75) is 20.8 Å². The van der Waals surface area contributed by atoms with Crippen LogP contribution in [0.5, 0.6) is 5.75 Å². The number of benzene rings is 1. The summed E-state index contributed by atoms with van der Waals surface area (Å²) in [5.41, 5.74) is -1.09.